The molecule has 0 spiro atoms. The maximum Gasteiger partial charge on any atom is 0.164 e. The average molecular weight is 863 g/mol. The average Bonchev–Trinajstić information content (AvgIpc) is 3.33. The van der Waals surface area contributed by atoms with E-state index in [9.17, 15) is 5.26 Å². The first-order valence-corrected chi connectivity index (χ1v) is 24.9. The van der Waals surface area contributed by atoms with Crippen LogP contribution in [0.3, 0.4) is 0 Å². The van der Waals surface area contributed by atoms with Crippen LogP contribution in [0.1, 0.15) is 109 Å². The molecule has 4 saturated carbocycles. The van der Waals surface area contributed by atoms with Gasteiger partial charge in [0.15, 0.2) is 17.5 Å². The molecule has 8 atom stereocenters. The Morgan fingerprint density at radius 1 is 0.379 bits per heavy atom. The summed E-state index contributed by atoms with van der Waals surface area (Å²) in [5.41, 5.74) is 14.0. The number of hydrogen-bond acceptors (Lipinski definition) is 4. The van der Waals surface area contributed by atoms with E-state index in [0.29, 0.717) is 33.9 Å². The van der Waals surface area contributed by atoms with E-state index in [-0.39, 0.29) is 0 Å². The third-order valence-electron chi connectivity index (χ3n) is 16.3. The highest BCUT2D eigenvalue weighted by Gasteiger charge is 2.46. The van der Waals surface area contributed by atoms with Crippen molar-refractivity contribution in [1.82, 2.24) is 15.0 Å². The zero-order valence-corrected chi connectivity index (χ0v) is 39.2. The summed E-state index contributed by atoms with van der Waals surface area (Å²) in [6.45, 7) is 9.88. The van der Waals surface area contributed by atoms with Crippen molar-refractivity contribution in [1.29, 1.82) is 5.26 Å². The Bertz CT molecular complexity index is 2720. The van der Waals surface area contributed by atoms with Gasteiger partial charge in [-0.05, 0) is 179 Å². The Balaban J connectivity index is 0.935. The highest BCUT2D eigenvalue weighted by atomic mass is 15.0. The van der Waals surface area contributed by atoms with Crippen LogP contribution in [0, 0.1) is 46.8 Å². The summed E-state index contributed by atoms with van der Waals surface area (Å²) in [4.78, 5) is 15.6. The van der Waals surface area contributed by atoms with Crippen LogP contribution in [0.4, 0.5) is 0 Å². The molecule has 0 radical (unpaired) electrons. The van der Waals surface area contributed by atoms with Crippen LogP contribution < -0.4 is 0 Å². The van der Waals surface area contributed by atoms with Crippen LogP contribution in [-0.2, 0) is 10.8 Å². The van der Waals surface area contributed by atoms with Gasteiger partial charge >= 0.3 is 0 Å². The molecule has 4 fully saturated rings. The number of nitrogens with zero attached hydrogens (tertiary/aromatic N) is 4. The quantitative estimate of drug-likeness (QED) is 0.153. The Morgan fingerprint density at radius 3 is 1.09 bits per heavy atom. The fourth-order valence-corrected chi connectivity index (χ4v) is 14.1. The topological polar surface area (TPSA) is 62.5 Å². The molecule has 0 aliphatic heterocycles. The van der Waals surface area contributed by atoms with Crippen LogP contribution in [0.15, 0.2) is 146 Å². The van der Waals surface area contributed by atoms with Gasteiger partial charge in [-0.1, -0.05) is 149 Å². The molecule has 6 aromatic carbocycles. The second-order valence-corrected chi connectivity index (χ2v) is 21.8. The summed E-state index contributed by atoms with van der Waals surface area (Å²) in [5.74, 6) is 6.80. The summed E-state index contributed by atoms with van der Waals surface area (Å²) in [6.07, 6.45) is 13.5. The smallest absolute Gasteiger partial charge is 0.164 e. The molecule has 4 aliphatic rings. The molecule has 0 N–H and O–H groups in total. The lowest BCUT2D eigenvalue weighted by molar-refractivity contribution is 0.0779. The number of hydrogen-bond donors (Lipinski definition) is 0. The molecule has 4 heteroatoms. The van der Waals surface area contributed by atoms with Crippen LogP contribution >= 0.6 is 0 Å². The number of benzene rings is 6. The van der Waals surface area contributed by atoms with Gasteiger partial charge in [0, 0.05) is 16.7 Å². The molecular formula is C62H62N4. The summed E-state index contributed by atoms with van der Waals surface area (Å²) in [5, 5.41) is 9.34. The minimum Gasteiger partial charge on any atom is -0.208 e. The van der Waals surface area contributed by atoms with Crippen LogP contribution in [0.25, 0.3) is 67.5 Å². The molecule has 0 amide bonds. The molecular weight excluding hydrogens is 801 g/mol. The zero-order valence-electron chi connectivity index (χ0n) is 39.2. The fraction of sp³-hybridized carbons (Fsp3) is 0.355. The van der Waals surface area contributed by atoms with Crippen LogP contribution in [0.2, 0.25) is 0 Å². The van der Waals surface area contributed by atoms with Gasteiger partial charge in [0.2, 0.25) is 0 Å². The van der Waals surface area contributed by atoms with Gasteiger partial charge in [0.25, 0.3) is 0 Å². The molecule has 4 nitrogen and oxygen atoms in total. The third kappa shape index (κ3) is 8.32. The molecule has 4 aliphatic carbocycles. The Kier molecular flexibility index (Phi) is 11.1. The van der Waals surface area contributed by atoms with Crippen molar-refractivity contribution >= 4 is 0 Å². The Hall–Kier alpha value is -6.18. The van der Waals surface area contributed by atoms with Crippen molar-refractivity contribution < 1.29 is 0 Å². The van der Waals surface area contributed by atoms with E-state index >= 15 is 0 Å². The van der Waals surface area contributed by atoms with E-state index < -0.39 is 0 Å². The third-order valence-corrected chi connectivity index (χ3v) is 16.3. The van der Waals surface area contributed by atoms with Gasteiger partial charge in [0.1, 0.15) is 0 Å². The lowest BCUT2D eigenvalue weighted by Gasteiger charge is -2.50. The Labute approximate surface area is 392 Å². The SMILES string of the molecule is C[C@@H]1CC2C[C@H](C)CC(c3ccc(-c4cccc(-c5nc(-c6ccc(-c7ccc(C#N)cc7)cc6)nc(-c6cccc(-c7ccc(C89CC(C[C@@H](C)C8)C[C@H](C)C9)cc7)c6)n5)c4)cc3)(C2)C1. The summed E-state index contributed by atoms with van der Waals surface area (Å²) >= 11 is 0. The lowest BCUT2D eigenvalue weighted by Crippen LogP contribution is -2.42. The van der Waals surface area contributed by atoms with E-state index in [1.54, 1.807) is 0 Å². The first kappa shape index (κ1) is 42.5. The second-order valence-electron chi connectivity index (χ2n) is 21.8. The summed E-state index contributed by atoms with van der Waals surface area (Å²) in [6, 6.07) is 54.9. The largest absolute Gasteiger partial charge is 0.208 e. The monoisotopic (exact) mass is 862 g/mol. The van der Waals surface area contributed by atoms with Crippen LogP contribution in [0.5, 0.6) is 0 Å². The standard InChI is InChI=1S/C62H62N4/c1-40-27-45-28-41(2)34-61(33-40,37-45)56-23-19-49(20-24-56)52-7-5-9-54(31-52)59-64-58(51-17-15-48(16-18-51)47-13-11-44(39-63)12-14-47)65-60(66-59)55-10-6-8-53(32-55)50-21-25-57(26-22-50)62-35-42(3)29-46(38-62)30-43(4)36-62/h5-26,31-32,40-43,45-46H,27-30,33-38H2,1-4H3/t40-,41+,42-,43+,45?,46?,61?,62?. The van der Waals surface area contributed by atoms with Gasteiger partial charge in [0.05, 0.1) is 11.6 Å². The summed E-state index contributed by atoms with van der Waals surface area (Å²) in [7, 11) is 0. The minimum absolute atomic E-state index is 0.310. The fourth-order valence-electron chi connectivity index (χ4n) is 14.1. The molecule has 7 aromatic rings. The van der Waals surface area contributed by atoms with Crippen LogP contribution in [-0.4, -0.2) is 15.0 Å². The maximum absolute atomic E-state index is 9.34. The zero-order chi connectivity index (χ0) is 45.0. The highest BCUT2D eigenvalue weighted by molar-refractivity contribution is 5.76. The van der Waals surface area contributed by atoms with Gasteiger partial charge in [-0.25, -0.2) is 15.0 Å². The molecule has 330 valence electrons. The number of rotatable bonds is 8. The van der Waals surface area contributed by atoms with E-state index in [0.717, 1.165) is 74.5 Å². The van der Waals surface area contributed by atoms with Crippen molar-refractivity contribution in [2.24, 2.45) is 35.5 Å². The number of fused-ring (bicyclic) bond motifs is 4. The second kappa shape index (κ2) is 17.2. The minimum atomic E-state index is 0.310. The van der Waals surface area contributed by atoms with Crippen molar-refractivity contribution in [3.8, 4) is 73.6 Å². The normalized spacial score (nSPS) is 26.9. The van der Waals surface area contributed by atoms with Gasteiger partial charge < -0.3 is 0 Å². The van der Waals surface area contributed by atoms with Gasteiger partial charge in [-0.2, -0.15) is 5.26 Å². The van der Waals surface area contributed by atoms with Crippen molar-refractivity contribution in [3.05, 3.63) is 162 Å². The lowest BCUT2D eigenvalue weighted by atomic mass is 9.54. The molecule has 66 heavy (non-hydrogen) atoms. The molecule has 1 heterocycles. The molecule has 1 aromatic heterocycles. The maximum atomic E-state index is 9.34. The molecule has 0 saturated heterocycles. The van der Waals surface area contributed by atoms with E-state index in [1.165, 1.54) is 86.5 Å². The predicted molar refractivity (Wildman–Crippen MR) is 270 cm³/mol. The van der Waals surface area contributed by atoms with Crippen molar-refractivity contribution in [3.63, 3.8) is 0 Å². The van der Waals surface area contributed by atoms with E-state index in [2.05, 4.69) is 155 Å². The number of nitriles is 1. The first-order chi connectivity index (χ1) is 32.1. The first-order valence-electron chi connectivity index (χ1n) is 24.9. The molecule has 11 rings (SSSR count). The van der Waals surface area contributed by atoms with Crippen molar-refractivity contribution in [2.75, 3.05) is 0 Å². The van der Waals surface area contributed by atoms with E-state index in [1.807, 2.05) is 24.3 Å². The highest BCUT2D eigenvalue weighted by Crippen LogP contribution is 2.55. The van der Waals surface area contributed by atoms with Gasteiger partial charge in [-0.3, -0.25) is 0 Å². The van der Waals surface area contributed by atoms with Crippen molar-refractivity contribution in [2.45, 2.75) is 103 Å². The Morgan fingerprint density at radius 2 is 0.697 bits per heavy atom. The predicted octanol–water partition coefficient (Wildman–Crippen LogP) is 16.0. The van der Waals surface area contributed by atoms with E-state index in [4.69, 9.17) is 15.0 Å². The number of aromatic nitrogens is 3. The molecule has 4 bridgehead atoms. The molecule has 4 unspecified atom stereocenters. The van der Waals surface area contributed by atoms with Gasteiger partial charge in [-0.15, -0.1) is 0 Å². The summed E-state index contributed by atoms with van der Waals surface area (Å²) < 4.78 is 0.